The van der Waals surface area contributed by atoms with Gasteiger partial charge in [0.1, 0.15) is 16.9 Å². The van der Waals surface area contributed by atoms with Crippen LogP contribution in [0.3, 0.4) is 0 Å². The SMILES string of the molecule is CC(C)=CC(=O)C/C(C)=C/CC[C@@]1(C)Oc2oc3cc(O)ccc3c(=O)c2[C@H]1C. The number of fused-ring (bicyclic) bond motifs is 2. The maximum atomic E-state index is 12.9. The van der Waals surface area contributed by atoms with Gasteiger partial charge in [0.05, 0.1) is 10.9 Å². The van der Waals surface area contributed by atoms with Crippen molar-refractivity contribution in [3.8, 4) is 11.7 Å². The van der Waals surface area contributed by atoms with Crippen LogP contribution in [0.4, 0.5) is 0 Å². The smallest absolute Gasteiger partial charge is 0.293 e. The summed E-state index contributed by atoms with van der Waals surface area (Å²) in [7, 11) is 0. The van der Waals surface area contributed by atoms with Crippen molar-refractivity contribution in [2.24, 2.45) is 0 Å². The van der Waals surface area contributed by atoms with Crippen LogP contribution < -0.4 is 10.2 Å². The van der Waals surface area contributed by atoms with Gasteiger partial charge in [-0.1, -0.05) is 24.1 Å². The van der Waals surface area contributed by atoms with E-state index in [1.807, 2.05) is 34.6 Å². The van der Waals surface area contributed by atoms with Crippen molar-refractivity contribution in [3.63, 3.8) is 0 Å². The van der Waals surface area contributed by atoms with E-state index in [0.717, 1.165) is 17.6 Å². The molecule has 0 spiro atoms. The Balaban J connectivity index is 1.77. The largest absolute Gasteiger partial charge is 0.508 e. The predicted molar refractivity (Wildman–Crippen MR) is 114 cm³/mol. The van der Waals surface area contributed by atoms with Crippen LogP contribution in [0.1, 0.15) is 65.4 Å². The molecule has 3 rings (SSSR count). The molecule has 1 N–H and O–H groups in total. The minimum absolute atomic E-state index is 0.0395. The molecular formula is C24H28O5. The zero-order valence-corrected chi connectivity index (χ0v) is 17.7. The summed E-state index contributed by atoms with van der Waals surface area (Å²) in [5.41, 5.74) is 2.19. The van der Waals surface area contributed by atoms with Crippen molar-refractivity contribution in [3.05, 3.63) is 57.3 Å². The Morgan fingerprint density at radius 2 is 2.00 bits per heavy atom. The normalized spacial score (nSPS) is 21.0. The lowest BCUT2D eigenvalue weighted by Gasteiger charge is -2.27. The van der Waals surface area contributed by atoms with Crippen LogP contribution in [0.15, 0.2) is 50.7 Å². The summed E-state index contributed by atoms with van der Waals surface area (Å²) in [5, 5.41) is 10.1. The average Bonchev–Trinajstić information content (AvgIpc) is 2.84. The number of aromatic hydroxyl groups is 1. The summed E-state index contributed by atoms with van der Waals surface area (Å²) in [6.45, 7) is 9.73. The Labute approximate surface area is 170 Å². The first-order chi connectivity index (χ1) is 13.6. The highest BCUT2D eigenvalue weighted by Gasteiger charge is 2.45. The molecule has 1 aromatic carbocycles. The van der Waals surface area contributed by atoms with Gasteiger partial charge in [-0.05, 0) is 58.7 Å². The molecule has 5 nitrogen and oxygen atoms in total. The van der Waals surface area contributed by atoms with Crippen molar-refractivity contribution >= 4 is 16.8 Å². The van der Waals surface area contributed by atoms with Crippen molar-refractivity contribution in [2.45, 2.75) is 65.4 Å². The van der Waals surface area contributed by atoms with E-state index in [2.05, 4.69) is 6.08 Å². The number of hydrogen-bond donors (Lipinski definition) is 1. The predicted octanol–water partition coefficient (Wildman–Crippen LogP) is 5.41. The molecular weight excluding hydrogens is 368 g/mol. The Kier molecular flexibility index (Phi) is 5.69. The Morgan fingerprint density at radius 3 is 2.69 bits per heavy atom. The van der Waals surface area contributed by atoms with Crippen LogP contribution in [0.5, 0.6) is 11.7 Å². The van der Waals surface area contributed by atoms with Crippen LogP contribution in [-0.2, 0) is 4.79 Å². The van der Waals surface area contributed by atoms with Crippen LogP contribution in [-0.4, -0.2) is 16.5 Å². The van der Waals surface area contributed by atoms with Gasteiger partial charge in [-0.3, -0.25) is 9.59 Å². The molecule has 0 fully saturated rings. The third-order valence-corrected chi connectivity index (χ3v) is 5.59. The minimum Gasteiger partial charge on any atom is -0.508 e. The molecule has 0 bridgehead atoms. The second kappa shape index (κ2) is 7.90. The molecule has 154 valence electrons. The number of hydrogen-bond acceptors (Lipinski definition) is 5. The van der Waals surface area contributed by atoms with Crippen molar-refractivity contribution in [1.29, 1.82) is 0 Å². The first-order valence-corrected chi connectivity index (χ1v) is 9.93. The van der Waals surface area contributed by atoms with E-state index >= 15 is 0 Å². The fourth-order valence-corrected chi connectivity index (χ4v) is 3.82. The molecule has 1 aromatic heterocycles. The monoisotopic (exact) mass is 396 g/mol. The Bertz CT molecular complexity index is 1070. The summed E-state index contributed by atoms with van der Waals surface area (Å²) in [4.78, 5) is 24.9. The molecule has 0 unspecified atom stereocenters. The van der Waals surface area contributed by atoms with E-state index in [9.17, 15) is 14.7 Å². The number of carbonyl (C=O) groups excluding carboxylic acids is 1. The zero-order valence-electron chi connectivity index (χ0n) is 17.7. The van der Waals surface area contributed by atoms with Gasteiger partial charge >= 0.3 is 0 Å². The molecule has 2 heterocycles. The molecule has 0 radical (unpaired) electrons. The lowest BCUT2D eigenvalue weighted by Crippen LogP contribution is -2.33. The number of benzene rings is 1. The quantitative estimate of drug-likeness (QED) is 0.522. The lowest BCUT2D eigenvalue weighted by atomic mass is 9.83. The molecule has 5 heteroatoms. The fraction of sp³-hybridized carbons (Fsp3) is 0.417. The third-order valence-electron chi connectivity index (χ3n) is 5.59. The van der Waals surface area contributed by atoms with Gasteiger partial charge in [0.15, 0.2) is 11.2 Å². The first-order valence-electron chi connectivity index (χ1n) is 9.93. The van der Waals surface area contributed by atoms with Crippen molar-refractivity contribution in [1.82, 2.24) is 0 Å². The maximum Gasteiger partial charge on any atom is 0.293 e. The second-order valence-electron chi connectivity index (χ2n) is 8.40. The molecule has 2 aromatic rings. The van der Waals surface area contributed by atoms with Gasteiger partial charge in [0.2, 0.25) is 0 Å². The Morgan fingerprint density at radius 1 is 1.28 bits per heavy atom. The molecule has 0 saturated carbocycles. The maximum absolute atomic E-state index is 12.9. The molecule has 1 aliphatic heterocycles. The third kappa shape index (κ3) is 4.29. The minimum atomic E-state index is -0.578. The number of rotatable bonds is 6. The van der Waals surface area contributed by atoms with Gasteiger partial charge in [0, 0.05) is 18.4 Å². The highest BCUT2D eigenvalue weighted by molar-refractivity contribution is 5.91. The average molecular weight is 396 g/mol. The van der Waals surface area contributed by atoms with Gasteiger partial charge < -0.3 is 14.3 Å². The number of carbonyl (C=O) groups is 1. The van der Waals surface area contributed by atoms with Crippen LogP contribution in [0, 0.1) is 0 Å². The van der Waals surface area contributed by atoms with Crippen molar-refractivity contribution < 1.29 is 19.1 Å². The lowest BCUT2D eigenvalue weighted by molar-refractivity contribution is -0.114. The zero-order chi connectivity index (χ0) is 21.3. The van der Waals surface area contributed by atoms with Gasteiger partial charge in [0.25, 0.3) is 5.95 Å². The molecule has 0 saturated heterocycles. The van der Waals surface area contributed by atoms with Crippen molar-refractivity contribution in [2.75, 3.05) is 0 Å². The molecule has 0 amide bonds. The van der Waals surface area contributed by atoms with E-state index in [1.54, 1.807) is 12.1 Å². The highest BCUT2D eigenvalue weighted by atomic mass is 16.6. The number of phenolic OH excluding ortho intramolecular Hbond substituents is 1. The topological polar surface area (TPSA) is 76.7 Å². The van der Waals surface area contributed by atoms with E-state index in [0.29, 0.717) is 29.4 Å². The van der Waals surface area contributed by atoms with Gasteiger partial charge in [-0.15, -0.1) is 0 Å². The number of phenols is 1. The summed E-state index contributed by atoms with van der Waals surface area (Å²) >= 11 is 0. The summed E-state index contributed by atoms with van der Waals surface area (Å²) in [6.07, 6.45) is 5.56. The van der Waals surface area contributed by atoms with Gasteiger partial charge in [-0.25, -0.2) is 0 Å². The van der Waals surface area contributed by atoms with Crippen LogP contribution >= 0.6 is 0 Å². The summed E-state index contributed by atoms with van der Waals surface area (Å²) in [6, 6.07) is 4.49. The first kappa shape index (κ1) is 20.9. The van der Waals surface area contributed by atoms with Crippen LogP contribution in [0.25, 0.3) is 11.0 Å². The van der Waals surface area contributed by atoms with Crippen LogP contribution in [0.2, 0.25) is 0 Å². The van der Waals surface area contributed by atoms with Gasteiger partial charge in [-0.2, -0.15) is 0 Å². The standard InChI is InChI=1S/C24H28O5/c1-14(2)11-18(26)12-15(3)7-6-10-24(5)16(4)21-22(27)19-9-8-17(25)13-20(19)28-23(21)29-24/h7-9,11,13,16,25H,6,10,12H2,1-5H3/b15-7+/t16-,24-/m1/s1. The number of allylic oxidation sites excluding steroid dienone is 4. The number of ketones is 1. The number of ether oxygens (including phenoxy) is 1. The summed E-state index contributed by atoms with van der Waals surface area (Å²) in [5.74, 6) is 0.251. The van der Waals surface area contributed by atoms with E-state index in [-0.39, 0.29) is 28.8 Å². The molecule has 0 aliphatic carbocycles. The second-order valence-corrected chi connectivity index (χ2v) is 8.40. The molecule has 1 aliphatic rings. The molecule has 29 heavy (non-hydrogen) atoms. The fourth-order valence-electron chi connectivity index (χ4n) is 3.82. The van der Waals surface area contributed by atoms with E-state index in [4.69, 9.17) is 9.15 Å². The summed E-state index contributed by atoms with van der Waals surface area (Å²) < 4.78 is 11.9. The Hall–Kier alpha value is -2.82. The highest BCUT2D eigenvalue weighted by Crippen LogP contribution is 2.46. The molecule has 2 atom stereocenters. The van der Waals surface area contributed by atoms with E-state index < -0.39 is 5.60 Å². The van der Waals surface area contributed by atoms with E-state index in [1.165, 1.54) is 12.1 Å².